The van der Waals surface area contributed by atoms with Crippen LogP contribution in [0.2, 0.25) is 5.04 Å². The number of azide groups is 1. The highest BCUT2D eigenvalue weighted by molar-refractivity contribution is 6.99. The third-order valence-electron chi connectivity index (χ3n) is 14.8. The highest BCUT2D eigenvalue weighted by Crippen LogP contribution is 2.68. The molecule has 6 nitrogen and oxygen atoms in total. The van der Waals surface area contributed by atoms with Gasteiger partial charge in [-0.15, -0.1) is 0 Å². The number of allylic oxidation sites excluding steroid dienone is 1. The molecule has 7 rings (SSSR count). The molecule has 0 radical (unpaired) electrons. The van der Waals surface area contributed by atoms with E-state index in [0.717, 1.165) is 51.4 Å². The lowest BCUT2D eigenvalue weighted by Crippen LogP contribution is -2.68. The SMILES string of the molecule is C[C@@H]([C@H]1[C@@H](N=[N+]=[N-])C[C@H]2[C@@H]3CC=C4C[C@@H](O[Si](c5ccccc5)(c5ccccc5)C(C)(C)C)CC[C@]4(C)[C@H]3CC[C@]12C)[C@H]1CC[C@H](C)C(=O)O1. The second kappa shape index (κ2) is 13.3. The summed E-state index contributed by atoms with van der Waals surface area (Å²) in [5.41, 5.74) is 11.6. The Hall–Kier alpha value is -2.86. The minimum atomic E-state index is -2.63. The van der Waals surface area contributed by atoms with E-state index in [9.17, 15) is 10.3 Å². The van der Waals surface area contributed by atoms with Crippen LogP contribution in [0.4, 0.5) is 0 Å². The molecule has 0 unspecified atom stereocenters. The molecule has 2 aromatic carbocycles. The van der Waals surface area contributed by atoms with Gasteiger partial charge in [0.05, 0.1) is 5.92 Å². The van der Waals surface area contributed by atoms with E-state index < -0.39 is 8.32 Å². The van der Waals surface area contributed by atoms with Crippen LogP contribution in [0.5, 0.6) is 0 Å². The first-order valence-corrected chi connectivity index (χ1v) is 21.5. The summed E-state index contributed by atoms with van der Waals surface area (Å²) >= 11 is 0. The zero-order chi connectivity index (χ0) is 35.5. The van der Waals surface area contributed by atoms with E-state index in [1.165, 1.54) is 16.8 Å². The molecule has 0 spiro atoms. The maximum Gasteiger partial charge on any atom is 0.308 e. The molecule has 4 aliphatic carbocycles. The summed E-state index contributed by atoms with van der Waals surface area (Å²) in [5, 5.41) is 7.16. The van der Waals surface area contributed by atoms with E-state index >= 15 is 0 Å². The Morgan fingerprint density at radius 2 is 1.62 bits per heavy atom. The van der Waals surface area contributed by atoms with Gasteiger partial charge >= 0.3 is 5.97 Å². The maximum atomic E-state index is 12.6. The third-order valence-corrected chi connectivity index (χ3v) is 19.9. The van der Waals surface area contributed by atoms with Crippen molar-refractivity contribution < 1.29 is 14.0 Å². The first-order chi connectivity index (χ1) is 23.8. The van der Waals surface area contributed by atoms with Crippen molar-refractivity contribution in [3.8, 4) is 0 Å². The molecule has 50 heavy (non-hydrogen) atoms. The molecule has 4 fully saturated rings. The van der Waals surface area contributed by atoms with Crippen LogP contribution < -0.4 is 10.4 Å². The molecule has 268 valence electrons. The standard InChI is InChI=1S/C43H59N3O3Si/c1-28-18-21-38(48-40(28)47)29(2)39-37(45-46-44)27-36-34-20-19-30-26-31(22-24-42(30,6)35(34)23-25-43(36,39)7)49-50(41(3,4)5,32-14-10-8-11-15-32)33-16-12-9-13-17-33/h8-17,19,28-29,31,34-39H,18,20-27H2,1-7H3/t28-,29+,31-,34+,35-,36-,37-,38+,39-,42-,43-/m0/s1. The minimum Gasteiger partial charge on any atom is -0.462 e. The highest BCUT2D eigenvalue weighted by Gasteiger charge is 2.63. The van der Waals surface area contributed by atoms with Crippen LogP contribution in [0.1, 0.15) is 106 Å². The number of rotatable bonds is 7. The second-order valence-electron chi connectivity index (χ2n) is 18.3. The molecular weight excluding hydrogens is 635 g/mol. The predicted octanol–water partition coefficient (Wildman–Crippen LogP) is 9.78. The monoisotopic (exact) mass is 693 g/mol. The van der Waals surface area contributed by atoms with Crippen molar-refractivity contribution in [2.45, 2.75) is 130 Å². The van der Waals surface area contributed by atoms with E-state index in [2.05, 4.69) is 118 Å². The fourth-order valence-electron chi connectivity index (χ4n) is 12.3. The number of hydrogen-bond donors (Lipinski definition) is 0. The Labute approximate surface area is 301 Å². The number of benzene rings is 2. The molecule has 1 aliphatic heterocycles. The number of esters is 1. The molecule has 0 aromatic heterocycles. The van der Waals surface area contributed by atoms with Crippen LogP contribution in [0.3, 0.4) is 0 Å². The molecule has 0 amide bonds. The third kappa shape index (κ3) is 5.71. The van der Waals surface area contributed by atoms with E-state index in [1.54, 1.807) is 5.57 Å². The summed E-state index contributed by atoms with van der Waals surface area (Å²) in [6.07, 6.45) is 12.2. The quantitative estimate of drug-likeness (QED) is 0.0723. The molecule has 1 heterocycles. The first-order valence-electron chi connectivity index (χ1n) is 19.6. The first kappa shape index (κ1) is 35.5. The number of cyclic esters (lactones) is 1. The Bertz CT molecular complexity index is 1590. The summed E-state index contributed by atoms with van der Waals surface area (Å²) < 4.78 is 13.7. The Balaban J connectivity index is 1.16. The van der Waals surface area contributed by atoms with Crippen molar-refractivity contribution in [3.05, 3.63) is 82.8 Å². The van der Waals surface area contributed by atoms with Gasteiger partial charge in [0.1, 0.15) is 6.10 Å². The minimum absolute atomic E-state index is 0.0258. The van der Waals surface area contributed by atoms with E-state index in [0.29, 0.717) is 17.8 Å². The zero-order valence-electron chi connectivity index (χ0n) is 31.5. The van der Waals surface area contributed by atoms with Gasteiger partial charge in [-0.05, 0) is 119 Å². The number of fused-ring (bicyclic) bond motifs is 5. The van der Waals surface area contributed by atoms with E-state index in [1.807, 2.05) is 6.92 Å². The predicted molar refractivity (Wildman–Crippen MR) is 203 cm³/mol. The van der Waals surface area contributed by atoms with Gasteiger partial charge in [-0.3, -0.25) is 4.79 Å². The zero-order valence-corrected chi connectivity index (χ0v) is 32.5. The lowest BCUT2D eigenvalue weighted by atomic mass is 9.47. The number of carbonyl (C=O) groups is 1. The van der Waals surface area contributed by atoms with Crippen molar-refractivity contribution in [1.82, 2.24) is 0 Å². The van der Waals surface area contributed by atoms with Gasteiger partial charge in [0.25, 0.3) is 8.32 Å². The molecule has 1 saturated heterocycles. The van der Waals surface area contributed by atoms with Crippen molar-refractivity contribution in [2.24, 2.45) is 51.5 Å². The van der Waals surface area contributed by atoms with Gasteiger partial charge in [-0.25, -0.2) is 0 Å². The van der Waals surface area contributed by atoms with Gasteiger partial charge < -0.3 is 9.16 Å². The molecule has 7 heteroatoms. The highest BCUT2D eigenvalue weighted by atomic mass is 28.4. The molecule has 0 N–H and O–H groups in total. The Morgan fingerprint density at radius 1 is 0.960 bits per heavy atom. The van der Waals surface area contributed by atoms with Gasteiger partial charge in [-0.2, -0.15) is 0 Å². The van der Waals surface area contributed by atoms with Crippen LogP contribution in [0.15, 0.2) is 77.4 Å². The number of carbonyl (C=O) groups excluding carboxylic acids is 1. The van der Waals surface area contributed by atoms with Crippen LogP contribution >= 0.6 is 0 Å². The normalized spacial score (nSPS) is 37.7. The lowest BCUT2D eigenvalue weighted by Gasteiger charge is -2.59. The smallest absolute Gasteiger partial charge is 0.308 e. The average molecular weight is 694 g/mol. The molecule has 3 saturated carbocycles. The molecule has 2 aromatic rings. The summed E-state index contributed by atoms with van der Waals surface area (Å²) in [7, 11) is -2.63. The van der Waals surface area contributed by atoms with Crippen molar-refractivity contribution in [1.29, 1.82) is 0 Å². The number of ether oxygens (including phenoxy) is 1. The van der Waals surface area contributed by atoms with Crippen LogP contribution in [-0.4, -0.2) is 32.5 Å². The maximum absolute atomic E-state index is 12.6. The van der Waals surface area contributed by atoms with Crippen molar-refractivity contribution >= 4 is 24.7 Å². The van der Waals surface area contributed by atoms with Crippen LogP contribution in [0, 0.1) is 46.3 Å². The Morgan fingerprint density at radius 3 is 2.22 bits per heavy atom. The molecular formula is C43H59N3O3Si. The van der Waals surface area contributed by atoms with E-state index in [4.69, 9.17) is 9.16 Å². The van der Waals surface area contributed by atoms with Crippen LogP contribution in [0.25, 0.3) is 10.4 Å². The molecule has 0 bridgehead atoms. The lowest BCUT2D eigenvalue weighted by molar-refractivity contribution is -0.166. The fraction of sp³-hybridized carbons (Fsp3) is 0.651. The van der Waals surface area contributed by atoms with E-state index in [-0.39, 0.29) is 57.8 Å². The largest absolute Gasteiger partial charge is 0.462 e. The van der Waals surface area contributed by atoms with Gasteiger partial charge in [0, 0.05) is 17.1 Å². The van der Waals surface area contributed by atoms with Crippen LogP contribution in [-0.2, 0) is 14.0 Å². The van der Waals surface area contributed by atoms with Gasteiger partial charge in [0.2, 0.25) is 0 Å². The number of nitrogens with zero attached hydrogens (tertiary/aromatic N) is 3. The Kier molecular flexibility index (Phi) is 9.44. The van der Waals surface area contributed by atoms with Gasteiger partial charge in [-0.1, -0.05) is 126 Å². The summed E-state index contributed by atoms with van der Waals surface area (Å²) in [6, 6.07) is 22.1. The van der Waals surface area contributed by atoms with Crippen molar-refractivity contribution in [2.75, 3.05) is 0 Å². The topological polar surface area (TPSA) is 84.3 Å². The second-order valence-corrected chi connectivity index (χ2v) is 22.5. The number of hydrogen-bond acceptors (Lipinski definition) is 4. The molecule has 5 aliphatic rings. The summed E-state index contributed by atoms with van der Waals surface area (Å²) in [6.45, 7) is 16.5. The van der Waals surface area contributed by atoms with Crippen molar-refractivity contribution in [3.63, 3.8) is 0 Å². The molecule has 11 atom stereocenters. The fourth-order valence-corrected chi connectivity index (χ4v) is 17.0. The summed E-state index contributed by atoms with van der Waals surface area (Å²) in [4.78, 5) is 16.0. The van der Waals surface area contributed by atoms with Gasteiger partial charge in [0.15, 0.2) is 0 Å². The average Bonchev–Trinajstić information content (AvgIpc) is 3.40. The summed E-state index contributed by atoms with van der Waals surface area (Å²) in [5.74, 6) is 2.02.